The molecule has 200 valence electrons. The van der Waals surface area contributed by atoms with Gasteiger partial charge < -0.3 is 4.42 Å². The van der Waals surface area contributed by atoms with Crippen molar-refractivity contribution in [3.8, 4) is 33.4 Å². The Morgan fingerprint density at radius 2 is 0.860 bits per heavy atom. The fourth-order valence-corrected chi connectivity index (χ4v) is 6.65. The van der Waals surface area contributed by atoms with E-state index in [2.05, 4.69) is 36.4 Å². The van der Waals surface area contributed by atoms with E-state index in [1.165, 1.54) is 0 Å². The lowest BCUT2D eigenvalue weighted by molar-refractivity contribution is 0.670. The molecule has 0 aliphatic heterocycles. The van der Waals surface area contributed by atoms with Gasteiger partial charge in [-0.2, -0.15) is 0 Å². The highest BCUT2D eigenvalue weighted by molar-refractivity contribution is 6.24. The lowest BCUT2D eigenvalue weighted by Crippen LogP contribution is -1.91. The fraction of sp³-hybridized carbons (Fsp3) is 0. The van der Waals surface area contributed by atoms with Crippen molar-refractivity contribution < 1.29 is 9.90 Å². The summed E-state index contributed by atoms with van der Waals surface area (Å²) in [6.07, 6.45) is 0. The van der Waals surface area contributed by atoms with Crippen LogP contribution in [0.3, 0.4) is 0 Å². The molecule has 0 spiro atoms. The van der Waals surface area contributed by atoms with Crippen molar-refractivity contribution in [2.24, 2.45) is 0 Å². The van der Waals surface area contributed by atoms with Crippen LogP contribution in [0.25, 0.3) is 87.6 Å². The summed E-state index contributed by atoms with van der Waals surface area (Å²) >= 11 is 0. The number of rotatable bonds is 3. The summed E-state index contributed by atoms with van der Waals surface area (Å²) in [6, 6.07) is 43.8. The average molecular weight is 551 g/mol. The van der Waals surface area contributed by atoms with Crippen molar-refractivity contribution in [3.05, 3.63) is 158 Å². The summed E-state index contributed by atoms with van der Waals surface area (Å²) in [5.41, 5.74) is 5.59. The van der Waals surface area contributed by atoms with Gasteiger partial charge in [-0.3, -0.25) is 0 Å². The van der Waals surface area contributed by atoms with E-state index < -0.39 is 0 Å². The molecule has 1 heteroatoms. The third kappa shape index (κ3) is 3.65. The second-order valence-electron chi connectivity index (χ2n) is 10.9. The fourth-order valence-electron chi connectivity index (χ4n) is 6.65. The Morgan fingerprint density at radius 3 is 1.58 bits per heavy atom. The normalized spacial score (nSPS) is 13.0. The topological polar surface area (TPSA) is 13.1 Å². The first-order valence-electron chi connectivity index (χ1n) is 16.5. The van der Waals surface area contributed by atoms with E-state index in [-0.39, 0.29) is 24.2 Å². The molecule has 43 heavy (non-hydrogen) atoms. The van der Waals surface area contributed by atoms with Crippen molar-refractivity contribution in [3.63, 3.8) is 0 Å². The molecule has 0 unspecified atom stereocenters. The molecule has 9 rings (SSSR count). The van der Waals surface area contributed by atoms with Crippen molar-refractivity contribution in [2.45, 2.75) is 0 Å². The second kappa shape index (κ2) is 9.44. The molecule has 1 nitrogen and oxygen atoms in total. The molecule has 0 saturated heterocycles. The van der Waals surface area contributed by atoms with Crippen LogP contribution >= 0.6 is 0 Å². The highest BCUT2D eigenvalue weighted by atomic mass is 16.3. The number of fused-ring (bicyclic) bond motifs is 6. The van der Waals surface area contributed by atoms with Gasteiger partial charge in [-0.15, -0.1) is 0 Å². The van der Waals surface area contributed by atoms with Gasteiger partial charge in [-0.25, -0.2) is 0 Å². The Kier molecular flexibility index (Phi) is 4.45. The third-order valence-electron chi connectivity index (χ3n) is 8.54. The molecule has 1 aromatic heterocycles. The number of hydrogen-bond donors (Lipinski definition) is 0. The molecule has 9 aromatic rings. The summed E-state index contributed by atoms with van der Waals surface area (Å²) in [5.74, 6) is 0. The zero-order valence-electron chi connectivity index (χ0n) is 27.1. The van der Waals surface area contributed by atoms with Crippen LogP contribution in [-0.2, 0) is 0 Å². The Bertz CT molecular complexity index is 2650. The van der Waals surface area contributed by atoms with Crippen molar-refractivity contribution >= 4 is 54.3 Å². The van der Waals surface area contributed by atoms with Crippen LogP contribution in [0.2, 0.25) is 0 Å². The van der Waals surface area contributed by atoms with Crippen LogP contribution in [0.4, 0.5) is 0 Å². The first-order chi connectivity index (χ1) is 23.0. The Balaban J connectivity index is 1.39. The maximum atomic E-state index is 9.40. The highest BCUT2D eigenvalue weighted by Crippen LogP contribution is 2.46. The quantitative estimate of drug-likeness (QED) is 0.199. The highest BCUT2D eigenvalue weighted by Gasteiger charge is 2.20. The monoisotopic (exact) mass is 550 g/mol. The molecular formula is C42H26O. The molecule has 0 radical (unpaired) electrons. The maximum Gasteiger partial charge on any atom is 0.143 e. The molecule has 0 aliphatic rings. The van der Waals surface area contributed by atoms with Gasteiger partial charge in [0.1, 0.15) is 11.2 Å². The zero-order valence-corrected chi connectivity index (χ0v) is 23.1. The average Bonchev–Trinajstić information content (AvgIpc) is 3.50. The van der Waals surface area contributed by atoms with Gasteiger partial charge in [0.15, 0.2) is 0 Å². The molecule has 0 amide bonds. The summed E-state index contributed by atoms with van der Waals surface area (Å²) in [6.45, 7) is 0. The van der Waals surface area contributed by atoms with E-state index in [1.807, 2.05) is 97.1 Å². The van der Waals surface area contributed by atoms with E-state index in [0.717, 1.165) is 65.4 Å². The Morgan fingerprint density at radius 1 is 0.372 bits per heavy atom. The molecule has 0 aliphatic carbocycles. The SMILES string of the molecule is [2H]c1c([2H])c(-c2c3ccccc3c(-c3cccc4c3oc3ccccc34)c3ccccc23)c([2H])c([2H])c1-c1cccc2ccccc12. The van der Waals surface area contributed by atoms with E-state index in [9.17, 15) is 5.48 Å². The minimum absolute atomic E-state index is 0.0540. The number of furan rings is 1. The third-order valence-corrected chi connectivity index (χ3v) is 8.54. The molecule has 0 saturated carbocycles. The Hall–Kier alpha value is -5.66. The van der Waals surface area contributed by atoms with Crippen LogP contribution in [0.15, 0.2) is 162 Å². The largest absolute Gasteiger partial charge is 0.455 e. The first-order valence-corrected chi connectivity index (χ1v) is 14.5. The predicted octanol–water partition coefficient (Wildman–Crippen LogP) is 12.0. The molecule has 0 fully saturated rings. The summed E-state index contributed by atoms with van der Waals surface area (Å²) in [4.78, 5) is 0. The standard InChI is InChI=1S/C42H26O/c1-2-13-30-27(11-1)12-9-19-31(30)28-23-25-29(26-24-28)40-33-15-3-5-17-35(33)41(36-18-6-4-16-34(36)40)38-21-10-20-37-32-14-7-8-22-39(32)43-42(37)38/h1-26H/i23D,24D,25D,26D. The van der Waals surface area contributed by atoms with Gasteiger partial charge in [-0.05, 0) is 60.6 Å². The van der Waals surface area contributed by atoms with Gasteiger partial charge in [0.25, 0.3) is 0 Å². The van der Waals surface area contributed by atoms with Gasteiger partial charge in [-0.1, -0.05) is 152 Å². The van der Waals surface area contributed by atoms with Crippen LogP contribution < -0.4 is 0 Å². The molecular weight excluding hydrogens is 520 g/mol. The maximum absolute atomic E-state index is 9.40. The summed E-state index contributed by atoms with van der Waals surface area (Å²) in [5, 5.41) is 7.58. The molecule has 0 atom stereocenters. The summed E-state index contributed by atoms with van der Waals surface area (Å²) < 4.78 is 43.8. The van der Waals surface area contributed by atoms with Crippen molar-refractivity contribution in [2.75, 3.05) is 0 Å². The molecule has 0 N–H and O–H groups in total. The van der Waals surface area contributed by atoms with E-state index in [4.69, 9.17) is 4.42 Å². The minimum Gasteiger partial charge on any atom is -0.455 e. The number of benzene rings is 8. The molecule has 1 heterocycles. The molecule has 0 bridgehead atoms. The van der Waals surface area contributed by atoms with Gasteiger partial charge in [0.05, 0.1) is 5.48 Å². The van der Waals surface area contributed by atoms with Crippen molar-refractivity contribution in [1.82, 2.24) is 0 Å². The van der Waals surface area contributed by atoms with E-state index in [0.29, 0.717) is 22.3 Å². The lowest BCUT2D eigenvalue weighted by Gasteiger charge is -2.18. The van der Waals surface area contributed by atoms with Gasteiger partial charge in [0, 0.05) is 21.9 Å². The predicted molar refractivity (Wildman–Crippen MR) is 183 cm³/mol. The molecule has 8 aromatic carbocycles. The van der Waals surface area contributed by atoms with Crippen molar-refractivity contribution in [1.29, 1.82) is 0 Å². The van der Waals surface area contributed by atoms with Gasteiger partial charge in [0.2, 0.25) is 0 Å². The first kappa shape index (κ1) is 20.3. The number of para-hydroxylation sites is 2. The van der Waals surface area contributed by atoms with Gasteiger partial charge >= 0.3 is 0 Å². The van der Waals surface area contributed by atoms with Crippen LogP contribution in [0.1, 0.15) is 5.48 Å². The van der Waals surface area contributed by atoms with E-state index >= 15 is 0 Å². The van der Waals surface area contributed by atoms with Crippen LogP contribution in [-0.4, -0.2) is 0 Å². The van der Waals surface area contributed by atoms with Crippen LogP contribution in [0, 0.1) is 0 Å². The summed E-state index contributed by atoms with van der Waals surface area (Å²) in [7, 11) is 0. The smallest absolute Gasteiger partial charge is 0.143 e. The van der Waals surface area contributed by atoms with Crippen LogP contribution in [0.5, 0.6) is 0 Å². The number of hydrogen-bond acceptors (Lipinski definition) is 1. The minimum atomic E-state index is -0.0589. The second-order valence-corrected chi connectivity index (χ2v) is 10.9. The zero-order chi connectivity index (χ0) is 31.8. The Labute approximate surface area is 254 Å². The lowest BCUT2D eigenvalue weighted by atomic mass is 9.85. The van der Waals surface area contributed by atoms with E-state index in [1.54, 1.807) is 0 Å².